The standard InChI is InChI=1S/C15H20N2O3/c1-10(11-5-4-8-16-9-11)17-14(18)12-6-2-3-7-13(12)15(19)20/h4-5,8-10,12-13H,2-3,6-7H2,1H3,(H,17,18)(H,19,20)/t10-,12+,13-/m0/s1. The van der Waals surface area contributed by atoms with E-state index in [1.807, 2.05) is 19.1 Å². The number of nitrogens with one attached hydrogen (secondary N) is 1. The predicted molar refractivity (Wildman–Crippen MR) is 73.9 cm³/mol. The molecule has 0 spiro atoms. The molecule has 1 aliphatic carbocycles. The lowest BCUT2D eigenvalue weighted by Crippen LogP contribution is -2.40. The third-order valence-electron chi connectivity index (χ3n) is 3.96. The molecule has 0 aliphatic heterocycles. The Balaban J connectivity index is 2.01. The van der Waals surface area contributed by atoms with Crippen LogP contribution in [-0.2, 0) is 9.59 Å². The van der Waals surface area contributed by atoms with Crippen LogP contribution < -0.4 is 5.32 Å². The number of carbonyl (C=O) groups is 2. The zero-order valence-corrected chi connectivity index (χ0v) is 11.6. The van der Waals surface area contributed by atoms with Crippen molar-refractivity contribution in [2.75, 3.05) is 0 Å². The number of rotatable bonds is 4. The molecule has 0 unspecified atom stereocenters. The van der Waals surface area contributed by atoms with Crippen LogP contribution in [0.2, 0.25) is 0 Å². The summed E-state index contributed by atoms with van der Waals surface area (Å²) in [5, 5.41) is 12.1. The van der Waals surface area contributed by atoms with E-state index in [0.717, 1.165) is 18.4 Å². The maximum atomic E-state index is 12.3. The zero-order chi connectivity index (χ0) is 14.5. The SMILES string of the molecule is C[C@H](NC(=O)[C@@H]1CCCC[C@@H]1C(=O)O)c1cccnc1. The Hall–Kier alpha value is -1.91. The van der Waals surface area contributed by atoms with Crippen molar-refractivity contribution >= 4 is 11.9 Å². The number of aromatic nitrogens is 1. The number of carboxylic acid groups (broad SMARTS) is 1. The molecule has 0 aromatic carbocycles. The van der Waals surface area contributed by atoms with Gasteiger partial charge in [-0.05, 0) is 31.4 Å². The van der Waals surface area contributed by atoms with Crippen molar-refractivity contribution in [3.8, 4) is 0 Å². The van der Waals surface area contributed by atoms with E-state index in [1.165, 1.54) is 0 Å². The van der Waals surface area contributed by atoms with Crippen LogP contribution in [0.5, 0.6) is 0 Å². The lowest BCUT2D eigenvalue weighted by molar-refractivity contribution is -0.149. The van der Waals surface area contributed by atoms with Crippen molar-refractivity contribution in [3.63, 3.8) is 0 Å². The van der Waals surface area contributed by atoms with Gasteiger partial charge in [-0.15, -0.1) is 0 Å². The fraction of sp³-hybridized carbons (Fsp3) is 0.533. The van der Waals surface area contributed by atoms with Gasteiger partial charge in [0.05, 0.1) is 17.9 Å². The Morgan fingerprint density at radius 1 is 1.35 bits per heavy atom. The van der Waals surface area contributed by atoms with Crippen LogP contribution >= 0.6 is 0 Å². The van der Waals surface area contributed by atoms with Crippen LogP contribution in [0.25, 0.3) is 0 Å². The van der Waals surface area contributed by atoms with E-state index in [9.17, 15) is 14.7 Å². The lowest BCUT2D eigenvalue weighted by atomic mass is 9.78. The van der Waals surface area contributed by atoms with Crippen LogP contribution in [0, 0.1) is 11.8 Å². The van der Waals surface area contributed by atoms with Gasteiger partial charge >= 0.3 is 5.97 Å². The summed E-state index contributed by atoms with van der Waals surface area (Å²) in [6, 6.07) is 3.55. The Kier molecular flexibility index (Phi) is 4.71. The highest BCUT2D eigenvalue weighted by Crippen LogP contribution is 2.31. The summed E-state index contributed by atoms with van der Waals surface area (Å²) >= 11 is 0. The van der Waals surface area contributed by atoms with Crippen molar-refractivity contribution in [2.24, 2.45) is 11.8 Å². The maximum Gasteiger partial charge on any atom is 0.307 e. The molecule has 2 N–H and O–H groups in total. The number of carboxylic acids is 1. The van der Waals surface area contributed by atoms with Gasteiger partial charge in [0.1, 0.15) is 0 Å². The second-order valence-electron chi connectivity index (χ2n) is 5.35. The molecule has 1 aliphatic rings. The summed E-state index contributed by atoms with van der Waals surface area (Å²) in [5.74, 6) is -1.99. The molecule has 1 heterocycles. The molecule has 3 atom stereocenters. The van der Waals surface area contributed by atoms with Crippen molar-refractivity contribution in [1.82, 2.24) is 10.3 Å². The minimum absolute atomic E-state index is 0.159. The third-order valence-corrected chi connectivity index (χ3v) is 3.96. The van der Waals surface area contributed by atoms with Crippen LogP contribution in [0.4, 0.5) is 0 Å². The fourth-order valence-electron chi connectivity index (χ4n) is 2.78. The average molecular weight is 276 g/mol. The molecular weight excluding hydrogens is 256 g/mol. The molecule has 108 valence electrons. The van der Waals surface area contributed by atoms with Gasteiger partial charge in [-0.1, -0.05) is 18.9 Å². The molecule has 1 saturated carbocycles. The van der Waals surface area contributed by atoms with Gasteiger partial charge in [-0.3, -0.25) is 14.6 Å². The number of aliphatic carboxylic acids is 1. The number of nitrogens with zero attached hydrogens (tertiary/aromatic N) is 1. The topological polar surface area (TPSA) is 79.3 Å². The molecule has 5 heteroatoms. The summed E-state index contributed by atoms with van der Waals surface area (Å²) in [7, 11) is 0. The number of carbonyl (C=O) groups excluding carboxylic acids is 1. The molecule has 5 nitrogen and oxygen atoms in total. The molecule has 2 rings (SSSR count). The summed E-state index contributed by atoms with van der Waals surface area (Å²) in [6.07, 6.45) is 6.44. The van der Waals surface area contributed by atoms with E-state index in [4.69, 9.17) is 0 Å². The highest BCUT2D eigenvalue weighted by atomic mass is 16.4. The van der Waals surface area contributed by atoms with E-state index < -0.39 is 17.8 Å². The van der Waals surface area contributed by atoms with Gasteiger partial charge in [0, 0.05) is 12.4 Å². The van der Waals surface area contributed by atoms with E-state index in [2.05, 4.69) is 10.3 Å². The highest BCUT2D eigenvalue weighted by Gasteiger charge is 2.36. The minimum atomic E-state index is -0.862. The third kappa shape index (κ3) is 3.35. The summed E-state index contributed by atoms with van der Waals surface area (Å²) < 4.78 is 0. The van der Waals surface area contributed by atoms with Crippen LogP contribution in [0.15, 0.2) is 24.5 Å². The molecule has 1 amide bonds. The molecule has 20 heavy (non-hydrogen) atoms. The largest absolute Gasteiger partial charge is 0.481 e. The van der Waals surface area contributed by atoms with Gasteiger partial charge in [-0.2, -0.15) is 0 Å². The van der Waals surface area contributed by atoms with E-state index in [1.54, 1.807) is 12.4 Å². The predicted octanol–water partition coefficient (Wildman–Crippen LogP) is 2.15. The molecule has 0 bridgehead atoms. The van der Waals surface area contributed by atoms with Crippen molar-refractivity contribution in [2.45, 2.75) is 38.6 Å². The van der Waals surface area contributed by atoms with Crippen LogP contribution in [0.3, 0.4) is 0 Å². The van der Waals surface area contributed by atoms with Crippen LogP contribution in [-0.4, -0.2) is 22.0 Å². The number of hydrogen-bond acceptors (Lipinski definition) is 3. The Morgan fingerprint density at radius 3 is 2.65 bits per heavy atom. The zero-order valence-electron chi connectivity index (χ0n) is 11.6. The molecule has 0 saturated heterocycles. The van der Waals surface area contributed by atoms with Crippen molar-refractivity contribution < 1.29 is 14.7 Å². The summed E-state index contributed by atoms with van der Waals surface area (Å²) in [4.78, 5) is 27.6. The Morgan fingerprint density at radius 2 is 2.05 bits per heavy atom. The molecule has 1 aromatic rings. The van der Waals surface area contributed by atoms with Gasteiger partial charge in [-0.25, -0.2) is 0 Å². The monoisotopic (exact) mass is 276 g/mol. The van der Waals surface area contributed by atoms with E-state index in [0.29, 0.717) is 12.8 Å². The first-order valence-electron chi connectivity index (χ1n) is 7.02. The Bertz CT molecular complexity index is 475. The lowest BCUT2D eigenvalue weighted by Gasteiger charge is -2.28. The minimum Gasteiger partial charge on any atom is -0.481 e. The summed E-state index contributed by atoms with van der Waals surface area (Å²) in [6.45, 7) is 1.88. The number of hydrogen-bond donors (Lipinski definition) is 2. The fourth-order valence-corrected chi connectivity index (χ4v) is 2.78. The first kappa shape index (κ1) is 14.5. The quantitative estimate of drug-likeness (QED) is 0.883. The smallest absolute Gasteiger partial charge is 0.307 e. The molecule has 1 aromatic heterocycles. The molecular formula is C15H20N2O3. The molecule has 0 radical (unpaired) electrons. The van der Waals surface area contributed by atoms with Crippen LogP contribution in [0.1, 0.15) is 44.2 Å². The second-order valence-corrected chi connectivity index (χ2v) is 5.35. The highest BCUT2D eigenvalue weighted by molar-refractivity contribution is 5.85. The van der Waals surface area contributed by atoms with Gasteiger partial charge < -0.3 is 10.4 Å². The first-order valence-corrected chi connectivity index (χ1v) is 7.02. The average Bonchev–Trinajstić information content (AvgIpc) is 2.48. The Labute approximate surface area is 118 Å². The first-order chi connectivity index (χ1) is 9.59. The molecule has 1 fully saturated rings. The van der Waals surface area contributed by atoms with Crippen molar-refractivity contribution in [1.29, 1.82) is 0 Å². The van der Waals surface area contributed by atoms with Gasteiger partial charge in [0.15, 0.2) is 0 Å². The van der Waals surface area contributed by atoms with Crippen molar-refractivity contribution in [3.05, 3.63) is 30.1 Å². The maximum absolute atomic E-state index is 12.3. The van der Waals surface area contributed by atoms with E-state index >= 15 is 0 Å². The second kappa shape index (κ2) is 6.50. The van der Waals surface area contributed by atoms with Gasteiger partial charge in [0.2, 0.25) is 5.91 Å². The number of amides is 1. The van der Waals surface area contributed by atoms with E-state index in [-0.39, 0.29) is 11.9 Å². The van der Waals surface area contributed by atoms with Gasteiger partial charge in [0.25, 0.3) is 0 Å². The number of pyridine rings is 1. The normalized spacial score (nSPS) is 23.9. The summed E-state index contributed by atoms with van der Waals surface area (Å²) in [5.41, 5.74) is 0.920.